The molecule has 3 aliphatic heterocycles. The molecule has 0 bridgehead atoms. The third-order valence-corrected chi connectivity index (χ3v) is 4.51. The Hall–Kier alpha value is -1.40. The topological polar surface area (TPSA) is 46.2 Å². The van der Waals surface area contributed by atoms with Crippen molar-refractivity contribution in [3.63, 3.8) is 0 Å². The first kappa shape index (κ1) is 16.1. The normalized spacial score (nSPS) is 38.2. The number of hydrogen-bond acceptors (Lipinski definition) is 5. The fourth-order valence-electron chi connectivity index (χ4n) is 3.54. The zero-order valence-electron chi connectivity index (χ0n) is 14.5. The van der Waals surface area contributed by atoms with E-state index in [4.69, 9.17) is 23.7 Å². The van der Waals surface area contributed by atoms with E-state index in [0.29, 0.717) is 6.61 Å². The summed E-state index contributed by atoms with van der Waals surface area (Å²) in [5, 5.41) is 0. The SMILES string of the molecule is CC1(C)O[C@H]2[C@@H]([C@H]3COC(C)(C)O3)O/C(=C\c3ccccc3)[C@H]2O1. The van der Waals surface area contributed by atoms with Crippen molar-refractivity contribution in [3.05, 3.63) is 41.7 Å². The second-order valence-electron chi connectivity index (χ2n) is 7.43. The molecule has 5 heteroatoms. The highest BCUT2D eigenvalue weighted by Gasteiger charge is 2.57. The van der Waals surface area contributed by atoms with Crippen LogP contribution in [0.4, 0.5) is 0 Å². The van der Waals surface area contributed by atoms with Gasteiger partial charge in [0.1, 0.15) is 24.1 Å². The van der Waals surface area contributed by atoms with Gasteiger partial charge >= 0.3 is 0 Å². The van der Waals surface area contributed by atoms with Gasteiger partial charge in [0.05, 0.1) is 6.61 Å². The van der Waals surface area contributed by atoms with Gasteiger partial charge in [-0.25, -0.2) is 0 Å². The minimum atomic E-state index is -0.637. The average molecular weight is 332 g/mol. The lowest BCUT2D eigenvalue weighted by Crippen LogP contribution is -2.40. The number of fused-ring (bicyclic) bond motifs is 1. The Balaban J connectivity index is 1.62. The predicted molar refractivity (Wildman–Crippen MR) is 88.0 cm³/mol. The molecular formula is C19H24O5. The van der Waals surface area contributed by atoms with Gasteiger partial charge in [-0.15, -0.1) is 0 Å². The van der Waals surface area contributed by atoms with Crippen molar-refractivity contribution in [3.8, 4) is 0 Å². The second-order valence-corrected chi connectivity index (χ2v) is 7.43. The van der Waals surface area contributed by atoms with E-state index >= 15 is 0 Å². The van der Waals surface area contributed by atoms with E-state index in [1.165, 1.54) is 0 Å². The van der Waals surface area contributed by atoms with E-state index in [1.807, 2.05) is 64.1 Å². The Labute approximate surface area is 142 Å². The lowest BCUT2D eigenvalue weighted by atomic mass is 10.1. The molecule has 0 saturated carbocycles. The molecule has 130 valence electrons. The van der Waals surface area contributed by atoms with Crippen molar-refractivity contribution in [2.24, 2.45) is 0 Å². The Kier molecular flexibility index (Phi) is 3.73. The number of ether oxygens (including phenoxy) is 5. The summed E-state index contributed by atoms with van der Waals surface area (Å²) in [5.74, 6) is -0.443. The van der Waals surface area contributed by atoms with Crippen LogP contribution in [0, 0.1) is 0 Å². The zero-order chi connectivity index (χ0) is 16.9. The van der Waals surface area contributed by atoms with Crippen molar-refractivity contribution in [2.75, 3.05) is 6.61 Å². The summed E-state index contributed by atoms with van der Waals surface area (Å²) < 4.78 is 30.1. The summed E-state index contributed by atoms with van der Waals surface area (Å²) in [6.45, 7) is 8.17. The molecular weight excluding hydrogens is 308 g/mol. The molecule has 24 heavy (non-hydrogen) atoms. The quantitative estimate of drug-likeness (QED) is 0.833. The Morgan fingerprint density at radius 2 is 1.67 bits per heavy atom. The maximum absolute atomic E-state index is 6.21. The highest BCUT2D eigenvalue weighted by atomic mass is 16.8. The number of hydrogen-bond donors (Lipinski definition) is 0. The number of rotatable bonds is 2. The first-order valence-electron chi connectivity index (χ1n) is 8.44. The summed E-state index contributed by atoms with van der Waals surface area (Å²) in [4.78, 5) is 0. The van der Waals surface area contributed by atoms with E-state index in [0.717, 1.165) is 11.3 Å². The molecule has 4 rings (SSSR count). The average Bonchev–Trinajstić information content (AvgIpc) is 3.12. The molecule has 3 aliphatic rings. The van der Waals surface area contributed by atoms with Crippen LogP contribution in [0.25, 0.3) is 6.08 Å². The van der Waals surface area contributed by atoms with E-state index in [2.05, 4.69) is 0 Å². The van der Waals surface area contributed by atoms with Crippen molar-refractivity contribution in [1.82, 2.24) is 0 Å². The van der Waals surface area contributed by atoms with Gasteiger partial charge in [0.2, 0.25) is 0 Å². The van der Waals surface area contributed by atoms with Crippen molar-refractivity contribution in [1.29, 1.82) is 0 Å². The zero-order valence-corrected chi connectivity index (χ0v) is 14.5. The summed E-state index contributed by atoms with van der Waals surface area (Å²) in [7, 11) is 0. The van der Waals surface area contributed by atoms with Crippen LogP contribution in [0.2, 0.25) is 0 Å². The van der Waals surface area contributed by atoms with Crippen molar-refractivity contribution >= 4 is 6.08 Å². The van der Waals surface area contributed by atoms with E-state index in [9.17, 15) is 0 Å². The predicted octanol–water partition coefficient (Wildman–Crippen LogP) is 3.10. The van der Waals surface area contributed by atoms with Crippen LogP contribution in [0.5, 0.6) is 0 Å². The fraction of sp³-hybridized carbons (Fsp3) is 0.579. The van der Waals surface area contributed by atoms with Crippen LogP contribution in [-0.4, -0.2) is 42.6 Å². The third-order valence-electron chi connectivity index (χ3n) is 4.51. The van der Waals surface area contributed by atoms with Crippen LogP contribution in [0.1, 0.15) is 33.3 Å². The third kappa shape index (κ3) is 2.97. The molecule has 0 unspecified atom stereocenters. The summed E-state index contributed by atoms with van der Waals surface area (Å²) >= 11 is 0. The summed E-state index contributed by atoms with van der Waals surface area (Å²) in [6, 6.07) is 10.1. The molecule has 3 fully saturated rings. The van der Waals surface area contributed by atoms with Gasteiger partial charge in [-0.3, -0.25) is 0 Å². The maximum atomic E-state index is 6.21. The molecule has 1 aromatic carbocycles. The Morgan fingerprint density at radius 3 is 2.33 bits per heavy atom. The largest absolute Gasteiger partial charge is 0.486 e. The maximum Gasteiger partial charge on any atom is 0.164 e. The Bertz CT molecular complexity index is 636. The van der Waals surface area contributed by atoms with Gasteiger partial charge in [0, 0.05) is 0 Å². The highest BCUT2D eigenvalue weighted by Crippen LogP contribution is 2.44. The molecule has 0 aromatic heterocycles. The van der Waals surface area contributed by atoms with Crippen LogP contribution in [0.3, 0.4) is 0 Å². The molecule has 0 radical (unpaired) electrons. The van der Waals surface area contributed by atoms with E-state index in [1.54, 1.807) is 0 Å². The van der Waals surface area contributed by atoms with Crippen LogP contribution < -0.4 is 0 Å². The smallest absolute Gasteiger partial charge is 0.164 e. The van der Waals surface area contributed by atoms with Gasteiger partial charge in [-0.1, -0.05) is 30.3 Å². The summed E-state index contributed by atoms with van der Waals surface area (Å²) in [5.41, 5.74) is 1.07. The summed E-state index contributed by atoms with van der Waals surface area (Å²) in [6.07, 6.45) is 1.18. The van der Waals surface area contributed by atoms with Crippen molar-refractivity contribution in [2.45, 2.75) is 63.7 Å². The lowest BCUT2D eigenvalue weighted by molar-refractivity contribution is -0.187. The molecule has 0 aliphatic carbocycles. The van der Waals surface area contributed by atoms with E-state index < -0.39 is 11.6 Å². The molecule has 5 nitrogen and oxygen atoms in total. The molecule has 0 N–H and O–H groups in total. The number of benzene rings is 1. The molecule has 1 aromatic rings. The van der Waals surface area contributed by atoms with Crippen molar-refractivity contribution < 1.29 is 23.7 Å². The molecule has 3 saturated heterocycles. The first-order chi connectivity index (χ1) is 11.3. The van der Waals surface area contributed by atoms with Gasteiger partial charge < -0.3 is 23.7 Å². The molecule has 0 spiro atoms. The highest BCUT2D eigenvalue weighted by molar-refractivity contribution is 5.53. The van der Waals surface area contributed by atoms with Gasteiger partial charge in [-0.2, -0.15) is 0 Å². The Morgan fingerprint density at radius 1 is 0.917 bits per heavy atom. The van der Waals surface area contributed by atoms with Crippen LogP contribution in [-0.2, 0) is 23.7 Å². The standard InChI is InChI=1S/C19H24O5/c1-18(2)20-11-14(22-18)15-17-16(23-19(3,4)24-17)13(21-15)10-12-8-6-5-7-9-12/h5-10,14-17H,11H2,1-4H3/b13-10-/t14-,15-,16-,17+/m1/s1. The molecule has 3 heterocycles. The first-order valence-corrected chi connectivity index (χ1v) is 8.44. The van der Waals surface area contributed by atoms with Gasteiger partial charge in [-0.05, 0) is 39.3 Å². The fourth-order valence-corrected chi connectivity index (χ4v) is 3.54. The van der Waals surface area contributed by atoms with E-state index in [-0.39, 0.29) is 24.4 Å². The van der Waals surface area contributed by atoms with Crippen LogP contribution >= 0.6 is 0 Å². The van der Waals surface area contributed by atoms with Gasteiger partial charge in [0.25, 0.3) is 0 Å². The minimum Gasteiger partial charge on any atom is -0.486 e. The van der Waals surface area contributed by atoms with Gasteiger partial charge in [0.15, 0.2) is 17.7 Å². The molecule has 4 atom stereocenters. The monoisotopic (exact) mass is 332 g/mol. The minimum absolute atomic E-state index is 0.174. The lowest BCUT2D eigenvalue weighted by Gasteiger charge is -2.26. The van der Waals surface area contributed by atoms with Crippen LogP contribution in [0.15, 0.2) is 36.1 Å². The molecule has 0 amide bonds. The second kappa shape index (κ2) is 5.56.